The molecular weight excluding hydrogens is 350 g/mol. The zero-order valence-electron chi connectivity index (χ0n) is 16.0. The van der Waals surface area contributed by atoms with Crippen LogP contribution in [0.3, 0.4) is 0 Å². The third-order valence-electron chi connectivity index (χ3n) is 4.35. The second-order valence-corrected chi connectivity index (χ2v) is 6.55. The number of para-hydroxylation sites is 1. The van der Waals surface area contributed by atoms with E-state index in [9.17, 15) is 0 Å². The largest absolute Gasteiger partial charge is 0.495 e. The lowest BCUT2D eigenvalue weighted by Crippen LogP contribution is -2.04. The van der Waals surface area contributed by atoms with E-state index < -0.39 is 0 Å². The molecule has 0 unspecified atom stereocenters. The fourth-order valence-electron chi connectivity index (χ4n) is 3.07. The number of anilines is 4. The molecule has 2 N–H and O–H groups in total. The van der Waals surface area contributed by atoms with Gasteiger partial charge in [-0.1, -0.05) is 24.3 Å². The molecule has 0 aliphatic heterocycles. The highest BCUT2D eigenvalue weighted by atomic mass is 16.5. The number of ether oxygens (including phenoxy) is 1. The van der Waals surface area contributed by atoms with E-state index in [0.29, 0.717) is 11.8 Å². The van der Waals surface area contributed by atoms with Gasteiger partial charge in [0, 0.05) is 23.3 Å². The van der Waals surface area contributed by atoms with Gasteiger partial charge in [0.25, 0.3) is 0 Å². The van der Waals surface area contributed by atoms with Crippen molar-refractivity contribution in [2.45, 2.75) is 13.8 Å². The van der Waals surface area contributed by atoms with Crippen LogP contribution in [0.4, 0.5) is 23.1 Å². The molecule has 0 saturated carbocycles. The monoisotopic (exact) mass is 371 g/mol. The molecule has 28 heavy (non-hydrogen) atoms. The van der Waals surface area contributed by atoms with Gasteiger partial charge in [0.1, 0.15) is 11.6 Å². The SMILES string of the molecule is COc1ccc(C)cc1Nc1nc(C)cc(Nc2cccc3cccnc23)n1. The van der Waals surface area contributed by atoms with Crippen molar-refractivity contribution < 1.29 is 4.74 Å². The summed E-state index contributed by atoms with van der Waals surface area (Å²) in [5.74, 6) is 1.93. The molecule has 140 valence electrons. The molecule has 2 aromatic heterocycles. The maximum absolute atomic E-state index is 5.43. The zero-order chi connectivity index (χ0) is 19.5. The number of aryl methyl sites for hydroxylation is 2. The maximum atomic E-state index is 5.43. The minimum atomic E-state index is 0.500. The molecule has 2 heterocycles. The van der Waals surface area contributed by atoms with Gasteiger partial charge in [-0.2, -0.15) is 4.98 Å². The van der Waals surface area contributed by atoms with Crippen LogP contribution < -0.4 is 15.4 Å². The Hall–Kier alpha value is -3.67. The fraction of sp³-hybridized carbons (Fsp3) is 0.136. The molecule has 0 amide bonds. The van der Waals surface area contributed by atoms with Crippen LogP contribution in [0, 0.1) is 13.8 Å². The van der Waals surface area contributed by atoms with Gasteiger partial charge in [0.05, 0.1) is 24.0 Å². The van der Waals surface area contributed by atoms with Crippen molar-refractivity contribution in [1.29, 1.82) is 0 Å². The van der Waals surface area contributed by atoms with E-state index in [1.54, 1.807) is 13.3 Å². The molecule has 6 heteroatoms. The first kappa shape index (κ1) is 17.7. The van der Waals surface area contributed by atoms with Gasteiger partial charge in [-0.05, 0) is 43.7 Å². The number of nitrogens with one attached hydrogen (secondary N) is 2. The number of benzene rings is 2. The van der Waals surface area contributed by atoms with Crippen LogP contribution in [0.15, 0.2) is 60.8 Å². The summed E-state index contributed by atoms with van der Waals surface area (Å²) in [6.07, 6.45) is 1.79. The standard InChI is InChI=1S/C22H21N5O/c1-14-9-10-19(28-3)18(12-14)26-22-24-15(2)13-20(27-22)25-17-8-4-6-16-7-5-11-23-21(16)17/h4-13H,1-3H3,(H2,24,25,26,27). The van der Waals surface area contributed by atoms with E-state index in [2.05, 4.69) is 25.6 Å². The summed E-state index contributed by atoms with van der Waals surface area (Å²) in [5, 5.41) is 7.71. The molecule has 0 spiro atoms. The summed E-state index contributed by atoms with van der Waals surface area (Å²) >= 11 is 0. The average molecular weight is 371 g/mol. The number of fused-ring (bicyclic) bond motifs is 1. The summed E-state index contributed by atoms with van der Waals surface area (Å²) < 4.78 is 5.43. The highest BCUT2D eigenvalue weighted by molar-refractivity contribution is 5.91. The van der Waals surface area contributed by atoms with Gasteiger partial charge in [-0.25, -0.2) is 4.98 Å². The zero-order valence-corrected chi connectivity index (χ0v) is 16.0. The minimum absolute atomic E-state index is 0.500. The summed E-state index contributed by atoms with van der Waals surface area (Å²) in [6, 6.07) is 17.8. The Morgan fingerprint density at radius 3 is 2.57 bits per heavy atom. The van der Waals surface area contributed by atoms with Gasteiger partial charge >= 0.3 is 0 Å². The molecule has 4 aromatic rings. The van der Waals surface area contributed by atoms with Gasteiger partial charge < -0.3 is 15.4 Å². The number of hydrogen-bond donors (Lipinski definition) is 2. The van der Waals surface area contributed by atoms with Crippen LogP contribution in [0.5, 0.6) is 5.75 Å². The molecule has 0 radical (unpaired) electrons. The smallest absolute Gasteiger partial charge is 0.229 e. The van der Waals surface area contributed by atoms with Crippen molar-refractivity contribution in [1.82, 2.24) is 15.0 Å². The average Bonchev–Trinajstić information content (AvgIpc) is 2.68. The van der Waals surface area contributed by atoms with Crippen molar-refractivity contribution >= 4 is 34.0 Å². The number of aromatic nitrogens is 3. The van der Waals surface area contributed by atoms with Crippen LogP contribution in [0.2, 0.25) is 0 Å². The highest BCUT2D eigenvalue weighted by Gasteiger charge is 2.09. The van der Waals surface area contributed by atoms with Gasteiger partial charge in [0.2, 0.25) is 5.95 Å². The molecular formula is C22H21N5O. The van der Waals surface area contributed by atoms with E-state index in [0.717, 1.165) is 39.3 Å². The van der Waals surface area contributed by atoms with Crippen molar-refractivity contribution in [2.75, 3.05) is 17.7 Å². The van der Waals surface area contributed by atoms with E-state index >= 15 is 0 Å². The Bertz CT molecular complexity index is 1140. The first-order chi connectivity index (χ1) is 13.6. The lowest BCUT2D eigenvalue weighted by atomic mass is 10.2. The number of pyridine rings is 1. The van der Waals surface area contributed by atoms with Crippen molar-refractivity contribution in [3.05, 3.63) is 72.1 Å². The quantitative estimate of drug-likeness (QED) is 0.506. The number of nitrogens with zero attached hydrogens (tertiary/aromatic N) is 3. The summed E-state index contributed by atoms with van der Waals surface area (Å²) in [4.78, 5) is 13.6. The first-order valence-corrected chi connectivity index (χ1v) is 9.00. The molecule has 0 saturated heterocycles. The molecule has 0 bridgehead atoms. The van der Waals surface area contributed by atoms with Gasteiger partial charge in [-0.15, -0.1) is 0 Å². The van der Waals surface area contributed by atoms with Crippen molar-refractivity contribution in [2.24, 2.45) is 0 Å². The Morgan fingerprint density at radius 1 is 0.857 bits per heavy atom. The Morgan fingerprint density at radius 2 is 1.71 bits per heavy atom. The Kier molecular flexibility index (Phi) is 4.76. The fourth-order valence-corrected chi connectivity index (χ4v) is 3.07. The highest BCUT2D eigenvalue weighted by Crippen LogP contribution is 2.29. The van der Waals surface area contributed by atoms with E-state index in [4.69, 9.17) is 4.74 Å². The lowest BCUT2D eigenvalue weighted by molar-refractivity contribution is 0.416. The Balaban J connectivity index is 1.67. The van der Waals surface area contributed by atoms with Gasteiger partial charge in [0.15, 0.2) is 0 Å². The minimum Gasteiger partial charge on any atom is -0.495 e. The molecule has 0 aliphatic carbocycles. The summed E-state index contributed by atoms with van der Waals surface area (Å²) in [7, 11) is 1.65. The van der Waals surface area contributed by atoms with Gasteiger partial charge in [-0.3, -0.25) is 4.98 Å². The predicted molar refractivity (Wildman–Crippen MR) is 113 cm³/mol. The molecule has 0 aliphatic rings. The predicted octanol–water partition coefficient (Wildman–Crippen LogP) is 5.14. The topological polar surface area (TPSA) is 72.0 Å². The summed E-state index contributed by atoms with van der Waals surface area (Å²) in [6.45, 7) is 3.97. The van der Waals surface area contributed by atoms with Crippen LogP contribution >= 0.6 is 0 Å². The molecule has 4 rings (SSSR count). The van der Waals surface area contributed by atoms with E-state index in [-0.39, 0.29) is 0 Å². The maximum Gasteiger partial charge on any atom is 0.229 e. The molecule has 2 aromatic carbocycles. The summed E-state index contributed by atoms with van der Waals surface area (Å²) in [5.41, 5.74) is 4.59. The number of rotatable bonds is 5. The van der Waals surface area contributed by atoms with Crippen molar-refractivity contribution in [3.8, 4) is 5.75 Å². The van der Waals surface area contributed by atoms with Crippen LogP contribution in [-0.4, -0.2) is 22.1 Å². The third-order valence-corrected chi connectivity index (χ3v) is 4.35. The second kappa shape index (κ2) is 7.52. The number of hydrogen-bond acceptors (Lipinski definition) is 6. The van der Waals surface area contributed by atoms with Crippen LogP contribution in [-0.2, 0) is 0 Å². The van der Waals surface area contributed by atoms with E-state index in [1.165, 1.54) is 0 Å². The molecule has 0 atom stereocenters. The van der Waals surface area contributed by atoms with Crippen LogP contribution in [0.25, 0.3) is 10.9 Å². The van der Waals surface area contributed by atoms with E-state index in [1.807, 2.05) is 68.4 Å². The number of methoxy groups -OCH3 is 1. The second-order valence-electron chi connectivity index (χ2n) is 6.55. The first-order valence-electron chi connectivity index (χ1n) is 9.00. The molecule has 0 fully saturated rings. The Labute approximate surface area is 163 Å². The third kappa shape index (κ3) is 3.71. The van der Waals surface area contributed by atoms with Crippen LogP contribution in [0.1, 0.15) is 11.3 Å². The lowest BCUT2D eigenvalue weighted by Gasteiger charge is -2.13. The molecule has 6 nitrogen and oxygen atoms in total. The van der Waals surface area contributed by atoms with Crippen molar-refractivity contribution in [3.63, 3.8) is 0 Å². The normalized spacial score (nSPS) is 10.7.